The maximum absolute atomic E-state index is 12.4. The number of nitrogens with zero attached hydrogens (tertiary/aromatic N) is 3. The first-order valence-electron chi connectivity index (χ1n) is 8.87. The third kappa shape index (κ3) is 3.72. The summed E-state index contributed by atoms with van der Waals surface area (Å²) in [4.78, 5) is 14.2. The molecule has 7 heteroatoms. The van der Waals surface area contributed by atoms with Gasteiger partial charge in [-0.25, -0.2) is 4.79 Å². The zero-order valence-corrected chi connectivity index (χ0v) is 14.5. The first-order valence-corrected chi connectivity index (χ1v) is 8.87. The number of urea groups is 1. The molecule has 1 aromatic heterocycles. The Morgan fingerprint density at radius 2 is 2.33 bits per heavy atom. The Morgan fingerprint density at radius 3 is 2.96 bits per heavy atom. The molecular weight excluding hydrogens is 308 g/mol. The molecule has 3 rings (SSSR count). The topological polar surface area (TPSA) is 79.6 Å². The van der Waals surface area contributed by atoms with Gasteiger partial charge in [0.15, 0.2) is 0 Å². The van der Waals surface area contributed by atoms with Crippen molar-refractivity contribution in [1.29, 1.82) is 0 Å². The molecule has 2 N–H and O–H groups in total. The number of aliphatic hydroxyl groups excluding tert-OH is 1. The molecule has 24 heavy (non-hydrogen) atoms. The minimum absolute atomic E-state index is 0.0586. The van der Waals surface area contributed by atoms with Crippen molar-refractivity contribution in [3.05, 3.63) is 18.0 Å². The van der Waals surface area contributed by atoms with Crippen LogP contribution in [0.3, 0.4) is 0 Å². The number of aromatic nitrogens is 2. The molecule has 134 valence electrons. The maximum atomic E-state index is 12.4. The number of hydrogen-bond donors (Lipinski definition) is 2. The molecule has 0 bridgehead atoms. The van der Waals surface area contributed by atoms with Crippen molar-refractivity contribution in [3.8, 4) is 0 Å². The van der Waals surface area contributed by atoms with Gasteiger partial charge in [-0.3, -0.25) is 4.68 Å². The Labute approximate surface area is 143 Å². The highest BCUT2D eigenvalue weighted by Gasteiger charge is 2.36. The summed E-state index contributed by atoms with van der Waals surface area (Å²) in [7, 11) is 0. The molecule has 1 aromatic rings. The predicted molar refractivity (Wildman–Crippen MR) is 89.9 cm³/mol. The van der Waals surface area contributed by atoms with Gasteiger partial charge in [0.25, 0.3) is 0 Å². The van der Waals surface area contributed by atoms with Crippen LogP contribution in [0.5, 0.6) is 0 Å². The fraction of sp³-hybridized carbons (Fsp3) is 0.765. The van der Waals surface area contributed by atoms with Crippen LogP contribution < -0.4 is 5.32 Å². The Balaban J connectivity index is 1.59. The number of rotatable bonds is 5. The van der Waals surface area contributed by atoms with Crippen LogP contribution in [0.4, 0.5) is 4.79 Å². The molecule has 2 aliphatic heterocycles. The van der Waals surface area contributed by atoms with Crippen LogP contribution >= 0.6 is 0 Å². The van der Waals surface area contributed by atoms with E-state index in [1.54, 1.807) is 4.90 Å². The van der Waals surface area contributed by atoms with Gasteiger partial charge in [-0.1, -0.05) is 0 Å². The fourth-order valence-corrected chi connectivity index (χ4v) is 3.54. The number of amides is 2. The second-order valence-corrected chi connectivity index (χ2v) is 7.12. The SMILES string of the molecule is CC(C)n1cc([C@@H]2CN(C(=O)NCC3CCCO3)C[C@H]2CO)cn1. The molecule has 0 radical (unpaired) electrons. The minimum Gasteiger partial charge on any atom is -0.396 e. The van der Waals surface area contributed by atoms with Gasteiger partial charge in [-0.05, 0) is 32.3 Å². The highest BCUT2D eigenvalue weighted by molar-refractivity contribution is 5.74. The average molecular weight is 336 g/mol. The molecule has 2 fully saturated rings. The highest BCUT2D eigenvalue weighted by Crippen LogP contribution is 2.32. The summed E-state index contributed by atoms with van der Waals surface area (Å²) in [6.07, 6.45) is 6.12. The summed E-state index contributed by atoms with van der Waals surface area (Å²) in [6.45, 7) is 6.79. The van der Waals surface area contributed by atoms with E-state index >= 15 is 0 Å². The van der Waals surface area contributed by atoms with Crippen molar-refractivity contribution >= 4 is 6.03 Å². The molecule has 2 saturated heterocycles. The van der Waals surface area contributed by atoms with E-state index < -0.39 is 0 Å². The Morgan fingerprint density at radius 1 is 1.50 bits per heavy atom. The number of carbonyl (C=O) groups is 1. The molecule has 0 saturated carbocycles. The van der Waals surface area contributed by atoms with E-state index in [1.165, 1.54) is 0 Å². The number of hydrogen-bond acceptors (Lipinski definition) is 4. The van der Waals surface area contributed by atoms with E-state index in [2.05, 4.69) is 24.3 Å². The highest BCUT2D eigenvalue weighted by atomic mass is 16.5. The van der Waals surface area contributed by atoms with Crippen molar-refractivity contribution in [2.75, 3.05) is 32.8 Å². The van der Waals surface area contributed by atoms with Crippen molar-refractivity contribution in [3.63, 3.8) is 0 Å². The fourth-order valence-electron chi connectivity index (χ4n) is 3.54. The van der Waals surface area contributed by atoms with E-state index in [0.717, 1.165) is 25.0 Å². The summed E-state index contributed by atoms with van der Waals surface area (Å²) in [5.41, 5.74) is 1.09. The molecule has 2 amide bonds. The summed E-state index contributed by atoms with van der Waals surface area (Å²) < 4.78 is 7.46. The first-order chi connectivity index (χ1) is 11.6. The molecule has 0 aliphatic carbocycles. The second kappa shape index (κ2) is 7.53. The van der Waals surface area contributed by atoms with E-state index in [9.17, 15) is 9.90 Å². The summed E-state index contributed by atoms with van der Waals surface area (Å²) in [5, 5.41) is 17.1. The van der Waals surface area contributed by atoms with Crippen LogP contribution in [0.1, 0.15) is 44.2 Å². The maximum Gasteiger partial charge on any atom is 0.317 e. The standard InChI is InChI=1S/C17H28N4O3/c1-12(2)21-9-13(6-19-21)16-10-20(8-14(16)11-22)17(23)18-7-15-4-3-5-24-15/h6,9,12,14-16,22H,3-5,7-8,10-11H2,1-2H3,(H,18,23)/t14-,15?,16-/m0/s1. The summed E-state index contributed by atoms with van der Waals surface area (Å²) in [6, 6.07) is 0.237. The lowest BCUT2D eigenvalue weighted by Gasteiger charge is -2.18. The van der Waals surface area contributed by atoms with E-state index in [1.807, 2.05) is 17.1 Å². The lowest BCUT2D eigenvalue weighted by Crippen LogP contribution is -2.42. The van der Waals surface area contributed by atoms with Gasteiger partial charge < -0.3 is 20.1 Å². The second-order valence-electron chi connectivity index (χ2n) is 7.12. The largest absolute Gasteiger partial charge is 0.396 e. The van der Waals surface area contributed by atoms with E-state index in [4.69, 9.17) is 4.74 Å². The minimum atomic E-state index is -0.0669. The van der Waals surface area contributed by atoms with Gasteiger partial charge in [0.2, 0.25) is 0 Å². The molecule has 7 nitrogen and oxygen atoms in total. The molecule has 1 unspecified atom stereocenters. The van der Waals surface area contributed by atoms with Gasteiger partial charge in [-0.15, -0.1) is 0 Å². The lowest BCUT2D eigenvalue weighted by molar-refractivity contribution is 0.109. The van der Waals surface area contributed by atoms with Gasteiger partial charge in [0.1, 0.15) is 0 Å². The third-order valence-corrected chi connectivity index (χ3v) is 5.05. The lowest BCUT2D eigenvalue weighted by atomic mass is 9.92. The first kappa shape index (κ1) is 17.2. The van der Waals surface area contributed by atoms with Gasteiger partial charge in [-0.2, -0.15) is 5.10 Å². The normalized spacial score (nSPS) is 27.2. The van der Waals surface area contributed by atoms with Crippen LogP contribution in [-0.2, 0) is 4.74 Å². The van der Waals surface area contributed by atoms with Crippen molar-refractivity contribution in [2.24, 2.45) is 5.92 Å². The molecule has 2 aliphatic rings. The Bertz CT molecular complexity index is 554. The smallest absolute Gasteiger partial charge is 0.317 e. The van der Waals surface area contributed by atoms with E-state index in [0.29, 0.717) is 25.7 Å². The quantitative estimate of drug-likeness (QED) is 0.851. The zero-order valence-electron chi connectivity index (χ0n) is 14.5. The van der Waals surface area contributed by atoms with Crippen molar-refractivity contribution in [2.45, 2.75) is 44.8 Å². The van der Waals surface area contributed by atoms with Gasteiger partial charge in [0, 0.05) is 56.9 Å². The molecule has 0 aromatic carbocycles. The monoisotopic (exact) mass is 336 g/mol. The molecular formula is C17H28N4O3. The predicted octanol–water partition coefficient (Wildman–Crippen LogP) is 1.36. The molecule has 3 heterocycles. The van der Waals surface area contributed by atoms with Crippen molar-refractivity contribution < 1.29 is 14.6 Å². The van der Waals surface area contributed by atoms with Crippen LogP contribution in [0, 0.1) is 5.92 Å². The number of aliphatic hydroxyl groups is 1. The molecule has 0 spiro atoms. The summed E-state index contributed by atoms with van der Waals surface area (Å²) >= 11 is 0. The number of carbonyl (C=O) groups excluding carboxylic acids is 1. The number of likely N-dealkylation sites (tertiary alicyclic amines) is 1. The van der Waals surface area contributed by atoms with Gasteiger partial charge in [0.05, 0.1) is 12.3 Å². The summed E-state index contributed by atoms with van der Waals surface area (Å²) in [5.74, 6) is 0.194. The zero-order chi connectivity index (χ0) is 17.1. The van der Waals surface area contributed by atoms with Gasteiger partial charge >= 0.3 is 6.03 Å². The van der Waals surface area contributed by atoms with Crippen LogP contribution in [0.15, 0.2) is 12.4 Å². The van der Waals surface area contributed by atoms with E-state index in [-0.39, 0.29) is 30.6 Å². The van der Waals surface area contributed by atoms with Crippen LogP contribution in [0.2, 0.25) is 0 Å². The number of ether oxygens (including phenoxy) is 1. The average Bonchev–Trinajstić information content (AvgIpc) is 3.31. The molecule has 3 atom stereocenters. The number of nitrogens with one attached hydrogen (secondary N) is 1. The van der Waals surface area contributed by atoms with Crippen molar-refractivity contribution in [1.82, 2.24) is 20.0 Å². The van der Waals surface area contributed by atoms with Crippen LogP contribution in [-0.4, -0.2) is 64.8 Å². The third-order valence-electron chi connectivity index (χ3n) is 5.05. The Kier molecular flexibility index (Phi) is 5.40. The van der Waals surface area contributed by atoms with Crippen LogP contribution in [0.25, 0.3) is 0 Å². The Hall–Kier alpha value is -1.60.